The van der Waals surface area contributed by atoms with Crippen molar-refractivity contribution in [2.75, 3.05) is 19.7 Å². The Labute approximate surface area is 117 Å². The summed E-state index contributed by atoms with van der Waals surface area (Å²) in [5, 5.41) is 2.78. The highest BCUT2D eigenvalue weighted by molar-refractivity contribution is 6.35. The first-order valence-electron chi connectivity index (χ1n) is 7.04. The molecule has 0 aromatic heterocycles. The topological polar surface area (TPSA) is 58.6 Å². The molecule has 1 fully saturated rings. The van der Waals surface area contributed by atoms with Gasteiger partial charge in [0.2, 0.25) is 0 Å². The molecule has 0 aliphatic carbocycles. The summed E-state index contributed by atoms with van der Waals surface area (Å²) in [4.78, 5) is 25.5. The van der Waals surface area contributed by atoms with E-state index in [1.165, 1.54) is 0 Å². The molecule has 2 aliphatic heterocycles. The third-order valence-electron chi connectivity index (χ3n) is 3.80. The van der Waals surface area contributed by atoms with Crippen LogP contribution in [0.5, 0.6) is 5.75 Å². The normalized spacial score (nSPS) is 21.0. The van der Waals surface area contributed by atoms with Gasteiger partial charge in [0.15, 0.2) is 0 Å². The monoisotopic (exact) mass is 274 g/mol. The minimum absolute atomic E-state index is 0.135. The second-order valence-electron chi connectivity index (χ2n) is 5.29. The molecular formula is C15H18N2O3. The second-order valence-corrected chi connectivity index (χ2v) is 5.29. The second kappa shape index (κ2) is 5.53. The van der Waals surface area contributed by atoms with E-state index in [4.69, 9.17) is 4.74 Å². The smallest absolute Gasteiger partial charge is 0.311 e. The number of likely N-dealkylation sites (tertiary alicyclic amines) is 1. The lowest BCUT2D eigenvalue weighted by molar-refractivity contribution is -0.145. The van der Waals surface area contributed by atoms with E-state index in [-0.39, 0.29) is 6.04 Å². The lowest BCUT2D eigenvalue weighted by Gasteiger charge is -2.26. The maximum absolute atomic E-state index is 12.0. The zero-order valence-electron chi connectivity index (χ0n) is 11.3. The van der Waals surface area contributed by atoms with Gasteiger partial charge in [0.25, 0.3) is 0 Å². The summed E-state index contributed by atoms with van der Waals surface area (Å²) >= 11 is 0. The summed E-state index contributed by atoms with van der Waals surface area (Å²) in [5.41, 5.74) is 1.07. The molecule has 1 aromatic rings. The van der Waals surface area contributed by atoms with Crippen molar-refractivity contribution in [1.29, 1.82) is 0 Å². The molecule has 5 nitrogen and oxygen atoms in total. The number of para-hydroxylation sites is 1. The van der Waals surface area contributed by atoms with Crippen LogP contribution in [0.25, 0.3) is 0 Å². The van der Waals surface area contributed by atoms with Gasteiger partial charge in [0.05, 0.1) is 6.04 Å². The number of carbonyl (C=O) groups excluding carboxylic acids is 2. The van der Waals surface area contributed by atoms with Crippen molar-refractivity contribution in [2.24, 2.45) is 0 Å². The highest BCUT2D eigenvalue weighted by Gasteiger charge is 2.28. The van der Waals surface area contributed by atoms with Crippen molar-refractivity contribution in [1.82, 2.24) is 10.2 Å². The van der Waals surface area contributed by atoms with Gasteiger partial charge in [0, 0.05) is 13.1 Å². The van der Waals surface area contributed by atoms with Gasteiger partial charge in [-0.15, -0.1) is 0 Å². The number of carbonyl (C=O) groups is 2. The third-order valence-corrected chi connectivity index (χ3v) is 3.80. The molecule has 0 bridgehead atoms. The average molecular weight is 274 g/mol. The fraction of sp³-hybridized carbons (Fsp3) is 0.467. The van der Waals surface area contributed by atoms with Gasteiger partial charge in [-0.1, -0.05) is 18.2 Å². The standard InChI is InChI=1S/C15H18N2O3/c18-14(15(19)17-7-3-4-8-17)16-12-9-11-5-1-2-6-13(11)20-10-12/h1-2,5-6,12H,3-4,7-10H2,(H,16,18)/t12-/m0/s1. The fourth-order valence-corrected chi connectivity index (χ4v) is 2.73. The van der Waals surface area contributed by atoms with Crippen LogP contribution in [0.4, 0.5) is 0 Å². The Kier molecular flexibility index (Phi) is 3.58. The first-order chi connectivity index (χ1) is 9.74. The minimum atomic E-state index is -0.514. The summed E-state index contributed by atoms with van der Waals surface area (Å²) in [6.07, 6.45) is 2.67. The molecule has 106 valence electrons. The number of fused-ring (bicyclic) bond motifs is 1. The van der Waals surface area contributed by atoms with Gasteiger partial charge < -0.3 is 15.0 Å². The van der Waals surface area contributed by atoms with Crippen molar-refractivity contribution < 1.29 is 14.3 Å². The number of amides is 2. The van der Waals surface area contributed by atoms with Crippen LogP contribution in [0.1, 0.15) is 18.4 Å². The number of hydrogen-bond donors (Lipinski definition) is 1. The van der Waals surface area contributed by atoms with Crippen molar-refractivity contribution in [3.8, 4) is 5.75 Å². The molecule has 1 aromatic carbocycles. The Hall–Kier alpha value is -2.04. The molecule has 1 N–H and O–H groups in total. The Balaban J connectivity index is 1.59. The molecule has 1 saturated heterocycles. The van der Waals surface area contributed by atoms with Gasteiger partial charge in [0.1, 0.15) is 12.4 Å². The summed E-state index contributed by atoms with van der Waals surface area (Å²) in [6, 6.07) is 7.64. The summed E-state index contributed by atoms with van der Waals surface area (Å²) in [5.74, 6) is -0.0647. The van der Waals surface area contributed by atoms with Crippen molar-refractivity contribution in [2.45, 2.75) is 25.3 Å². The number of nitrogens with one attached hydrogen (secondary N) is 1. The molecule has 1 atom stereocenters. The maximum Gasteiger partial charge on any atom is 0.311 e. The molecule has 2 heterocycles. The van der Waals surface area contributed by atoms with Crippen LogP contribution in [-0.2, 0) is 16.0 Å². The molecule has 20 heavy (non-hydrogen) atoms. The molecule has 2 amide bonds. The van der Waals surface area contributed by atoms with Crippen molar-refractivity contribution >= 4 is 11.8 Å². The van der Waals surface area contributed by atoms with Gasteiger partial charge in [-0.25, -0.2) is 0 Å². The van der Waals surface area contributed by atoms with Crippen LogP contribution in [0.2, 0.25) is 0 Å². The number of rotatable bonds is 1. The first kappa shape index (κ1) is 13.0. The van der Waals surface area contributed by atoms with E-state index in [9.17, 15) is 9.59 Å². The van der Waals surface area contributed by atoms with Crippen LogP contribution in [0, 0.1) is 0 Å². The number of nitrogens with zero attached hydrogens (tertiary/aromatic N) is 1. The molecular weight excluding hydrogens is 256 g/mol. The lowest BCUT2D eigenvalue weighted by Crippen LogP contribution is -2.49. The van der Waals surface area contributed by atoms with Crippen molar-refractivity contribution in [3.63, 3.8) is 0 Å². The molecule has 3 rings (SSSR count). The van der Waals surface area contributed by atoms with Gasteiger partial charge in [-0.05, 0) is 30.9 Å². The Morgan fingerprint density at radius 3 is 2.75 bits per heavy atom. The van der Waals surface area contributed by atoms with Gasteiger partial charge in [-0.3, -0.25) is 9.59 Å². The predicted molar refractivity (Wildman–Crippen MR) is 73.4 cm³/mol. The minimum Gasteiger partial charge on any atom is -0.491 e. The Morgan fingerprint density at radius 1 is 1.20 bits per heavy atom. The van der Waals surface area contributed by atoms with E-state index in [0.29, 0.717) is 26.1 Å². The van der Waals surface area contributed by atoms with Crippen LogP contribution in [0.3, 0.4) is 0 Å². The van der Waals surface area contributed by atoms with Crippen LogP contribution < -0.4 is 10.1 Å². The molecule has 0 spiro atoms. The Morgan fingerprint density at radius 2 is 1.95 bits per heavy atom. The van der Waals surface area contributed by atoms with E-state index in [2.05, 4.69) is 5.32 Å². The van der Waals surface area contributed by atoms with E-state index in [1.54, 1.807) is 4.90 Å². The quantitative estimate of drug-likeness (QED) is 0.768. The predicted octanol–water partition coefficient (Wildman–Crippen LogP) is 0.729. The summed E-state index contributed by atoms with van der Waals surface area (Å²) < 4.78 is 5.60. The first-order valence-corrected chi connectivity index (χ1v) is 7.04. The molecule has 0 unspecified atom stereocenters. The average Bonchev–Trinajstić information content (AvgIpc) is 3.00. The molecule has 0 radical (unpaired) electrons. The van der Waals surface area contributed by atoms with Crippen LogP contribution >= 0.6 is 0 Å². The van der Waals surface area contributed by atoms with Gasteiger partial charge >= 0.3 is 11.8 Å². The van der Waals surface area contributed by atoms with E-state index >= 15 is 0 Å². The van der Waals surface area contributed by atoms with Crippen molar-refractivity contribution in [3.05, 3.63) is 29.8 Å². The summed E-state index contributed by atoms with van der Waals surface area (Å²) in [7, 11) is 0. The van der Waals surface area contributed by atoms with E-state index in [1.807, 2.05) is 24.3 Å². The van der Waals surface area contributed by atoms with Crippen LogP contribution in [0.15, 0.2) is 24.3 Å². The van der Waals surface area contributed by atoms with E-state index in [0.717, 1.165) is 24.2 Å². The maximum atomic E-state index is 12.0. The van der Waals surface area contributed by atoms with E-state index < -0.39 is 11.8 Å². The zero-order chi connectivity index (χ0) is 13.9. The number of ether oxygens (including phenoxy) is 1. The number of hydrogen-bond acceptors (Lipinski definition) is 3. The lowest BCUT2D eigenvalue weighted by atomic mass is 10.0. The molecule has 2 aliphatic rings. The zero-order valence-corrected chi connectivity index (χ0v) is 11.3. The highest BCUT2D eigenvalue weighted by atomic mass is 16.5. The van der Waals surface area contributed by atoms with Gasteiger partial charge in [-0.2, -0.15) is 0 Å². The third kappa shape index (κ3) is 2.61. The fourth-order valence-electron chi connectivity index (χ4n) is 2.73. The summed E-state index contributed by atoms with van der Waals surface area (Å²) in [6.45, 7) is 1.79. The number of benzene rings is 1. The van der Waals surface area contributed by atoms with Crippen LogP contribution in [-0.4, -0.2) is 42.5 Å². The largest absolute Gasteiger partial charge is 0.491 e. The molecule has 0 saturated carbocycles. The SMILES string of the molecule is O=C(N[C@@H]1COc2ccccc2C1)C(=O)N1CCCC1. The Bertz CT molecular complexity index is 524. The molecule has 5 heteroatoms. The highest BCUT2D eigenvalue weighted by Crippen LogP contribution is 2.23.